The number of amides is 2. The van der Waals surface area contributed by atoms with Crippen LogP contribution in [-0.2, 0) is 9.59 Å². The lowest BCUT2D eigenvalue weighted by Gasteiger charge is -2.43. The summed E-state index contributed by atoms with van der Waals surface area (Å²) >= 11 is 0. The number of nitrogens with zero attached hydrogens (tertiary/aromatic N) is 3. The van der Waals surface area contributed by atoms with Crippen LogP contribution >= 0.6 is 0 Å². The van der Waals surface area contributed by atoms with Gasteiger partial charge in [0.25, 0.3) is 0 Å². The molecule has 8 nitrogen and oxygen atoms in total. The minimum atomic E-state index is 0.155. The number of benzene rings is 1. The largest absolute Gasteiger partial charge is 0.493 e. The third-order valence-electron chi connectivity index (χ3n) is 7.37. The summed E-state index contributed by atoms with van der Waals surface area (Å²) < 4.78 is 10.6. The second-order valence-electron chi connectivity index (χ2n) is 9.19. The van der Waals surface area contributed by atoms with Crippen molar-refractivity contribution in [1.29, 1.82) is 0 Å². The summed E-state index contributed by atoms with van der Waals surface area (Å²) in [6, 6.07) is 4.40. The summed E-state index contributed by atoms with van der Waals surface area (Å²) in [5.74, 6) is 2.90. The van der Waals surface area contributed by atoms with Crippen LogP contribution in [0, 0.1) is 11.8 Å². The average Bonchev–Trinajstić information content (AvgIpc) is 2.84. The predicted octanol–water partition coefficient (Wildman–Crippen LogP) is 3.23. The van der Waals surface area contributed by atoms with Gasteiger partial charge in [0, 0.05) is 36.1 Å². The van der Waals surface area contributed by atoms with E-state index >= 15 is 0 Å². The van der Waals surface area contributed by atoms with Crippen molar-refractivity contribution >= 4 is 28.7 Å². The van der Waals surface area contributed by atoms with E-state index in [9.17, 15) is 9.59 Å². The van der Waals surface area contributed by atoms with Gasteiger partial charge < -0.3 is 14.8 Å². The topological polar surface area (TPSA) is 93.7 Å². The molecule has 6 aliphatic rings. The molecule has 2 aliphatic carbocycles. The number of methoxy groups -OCH3 is 2. The van der Waals surface area contributed by atoms with Crippen molar-refractivity contribution in [2.75, 3.05) is 19.1 Å². The van der Waals surface area contributed by atoms with Gasteiger partial charge in [0.15, 0.2) is 17.3 Å². The number of anilines is 1. The van der Waals surface area contributed by atoms with Gasteiger partial charge in [0.2, 0.25) is 11.8 Å². The zero-order valence-corrected chi connectivity index (χ0v) is 18.7. The van der Waals surface area contributed by atoms with Crippen molar-refractivity contribution in [3.05, 3.63) is 18.3 Å². The van der Waals surface area contributed by atoms with Crippen LogP contribution in [0.5, 0.6) is 11.5 Å². The molecular formula is C24H30N4O4. The molecule has 170 valence electrons. The number of piperidine rings is 4. The molecule has 0 radical (unpaired) electrons. The number of aromatic nitrogens is 2. The second kappa shape index (κ2) is 8.56. The summed E-state index contributed by atoms with van der Waals surface area (Å²) in [6.07, 6.45) is 10.5. The number of fused-ring (bicyclic) bond motifs is 7. The summed E-state index contributed by atoms with van der Waals surface area (Å²) in [5, 5.41) is 2.98. The van der Waals surface area contributed by atoms with Crippen LogP contribution < -0.4 is 19.7 Å². The quantitative estimate of drug-likeness (QED) is 0.791. The molecular weight excluding hydrogens is 408 g/mol. The Morgan fingerprint density at radius 1 is 0.875 bits per heavy atom. The van der Waals surface area contributed by atoms with Gasteiger partial charge in [-0.05, 0) is 51.4 Å². The van der Waals surface area contributed by atoms with Gasteiger partial charge in [-0.2, -0.15) is 0 Å². The number of carbonyl (C=O) groups excluding carboxylic acids is 2. The normalized spacial score (nSPS) is 28.2. The van der Waals surface area contributed by atoms with E-state index in [2.05, 4.69) is 15.3 Å². The number of hydrogen-bond acceptors (Lipinski definition) is 6. The van der Waals surface area contributed by atoms with E-state index in [0.717, 1.165) is 44.0 Å². The lowest BCUT2D eigenvalue weighted by molar-refractivity contribution is -0.130. The van der Waals surface area contributed by atoms with Crippen molar-refractivity contribution in [3.8, 4) is 11.5 Å². The molecule has 0 spiro atoms. The van der Waals surface area contributed by atoms with E-state index in [1.807, 2.05) is 4.90 Å². The number of carbonyl (C=O) groups is 2. The number of nitrogens with one attached hydrogen (secondary N) is 1. The molecule has 2 aromatic rings. The standard InChI is InChI=1S/C17H19N3O3.C7H11NO/c1-22-14-7-12-13(8-15(14)23-2)19-16(9-18-12)20-11-5-3-10(4-6-11)17(20)21;9-7-5-1-3-6(8-7)4-2-5/h7-11H,3-6H2,1-2H3;5-6H,1-4H2,(H,8,9). The minimum Gasteiger partial charge on any atom is -0.493 e. The second-order valence-corrected chi connectivity index (χ2v) is 9.19. The Kier molecular flexibility index (Phi) is 5.61. The highest BCUT2D eigenvalue weighted by atomic mass is 16.5. The molecule has 4 bridgehead atoms. The van der Waals surface area contributed by atoms with Crippen molar-refractivity contribution < 1.29 is 19.1 Å². The van der Waals surface area contributed by atoms with Crippen LogP contribution in [0.2, 0.25) is 0 Å². The highest BCUT2D eigenvalue weighted by molar-refractivity contribution is 5.97. The van der Waals surface area contributed by atoms with Crippen LogP contribution in [0.3, 0.4) is 0 Å². The number of ether oxygens (including phenoxy) is 2. The Morgan fingerprint density at radius 3 is 2.00 bits per heavy atom. The molecule has 1 aromatic heterocycles. The van der Waals surface area contributed by atoms with Crippen LogP contribution in [0.25, 0.3) is 11.0 Å². The molecule has 6 fully saturated rings. The molecule has 2 saturated carbocycles. The fourth-order valence-corrected chi connectivity index (χ4v) is 5.52. The maximum atomic E-state index is 12.6. The first-order valence-corrected chi connectivity index (χ1v) is 11.6. The summed E-state index contributed by atoms with van der Waals surface area (Å²) in [7, 11) is 3.18. The van der Waals surface area contributed by atoms with Gasteiger partial charge in [-0.3, -0.25) is 19.5 Å². The van der Waals surface area contributed by atoms with Crippen molar-refractivity contribution in [2.24, 2.45) is 11.8 Å². The van der Waals surface area contributed by atoms with Gasteiger partial charge in [-0.25, -0.2) is 4.98 Å². The fourth-order valence-electron chi connectivity index (χ4n) is 5.52. The maximum absolute atomic E-state index is 12.6. The molecule has 0 unspecified atom stereocenters. The molecule has 2 amide bonds. The Morgan fingerprint density at radius 2 is 1.50 bits per heavy atom. The molecule has 8 heteroatoms. The smallest absolute Gasteiger partial charge is 0.231 e. The lowest BCUT2D eigenvalue weighted by atomic mass is 9.79. The SMILES string of the molecule is COc1cc2ncc(N3C(=O)C4CCC3CC4)nc2cc1OC.O=C1NC2CCC1CC2. The molecule has 32 heavy (non-hydrogen) atoms. The monoisotopic (exact) mass is 438 g/mol. The Bertz CT molecular complexity index is 1030. The number of hydrogen-bond donors (Lipinski definition) is 1. The highest BCUT2D eigenvalue weighted by Gasteiger charge is 2.41. The highest BCUT2D eigenvalue weighted by Crippen LogP contribution is 2.39. The average molecular weight is 439 g/mol. The zero-order valence-electron chi connectivity index (χ0n) is 18.7. The van der Waals surface area contributed by atoms with Crippen molar-refractivity contribution in [3.63, 3.8) is 0 Å². The van der Waals surface area contributed by atoms with Crippen LogP contribution in [0.15, 0.2) is 18.3 Å². The first-order chi connectivity index (χ1) is 15.6. The minimum absolute atomic E-state index is 0.155. The summed E-state index contributed by atoms with van der Waals surface area (Å²) in [4.78, 5) is 34.5. The van der Waals surface area contributed by atoms with E-state index < -0.39 is 0 Å². The lowest BCUT2D eigenvalue weighted by Crippen LogP contribution is -2.52. The molecule has 1 N–H and O–H groups in total. The maximum Gasteiger partial charge on any atom is 0.231 e. The summed E-state index contributed by atoms with van der Waals surface area (Å²) in [6.45, 7) is 0. The molecule has 4 saturated heterocycles. The number of rotatable bonds is 3. The first-order valence-electron chi connectivity index (χ1n) is 11.6. The Hall–Kier alpha value is -2.90. The molecule has 4 aliphatic heterocycles. The molecule has 1 aromatic carbocycles. The van der Waals surface area contributed by atoms with Gasteiger partial charge in [0.1, 0.15) is 0 Å². The predicted molar refractivity (Wildman–Crippen MR) is 120 cm³/mol. The van der Waals surface area contributed by atoms with Crippen LogP contribution in [0.1, 0.15) is 51.4 Å². The fraction of sp³-hybridized carbons (Fsp3) is 0.583. The van der Waals surface area contributed by atoms with Crippen LogP contribution in [0.4, 0.5) is 5.82 Å². The van der Waals surface area contributed by atoms with E-state index in [1.54, 1.807) is 32.5 Å². The van der Waals surface area contributed by atoms with E-state index in [-0.39, 0.29) is 17.9 Å². The third-order valence-corrected chi connectivity index (χ3v) is 7.37. The summed E-state index contributed by atoms with van der Waals surface area (Å²) in [5.41, 5.74) is 1.43. The van der Waals surface area contributed by atoms with Gasteiger partial charge >= 0.3 is 0 Å². The van der Waals surface area contributed by atoms with E-state index in [4.69, 9.17) is 9.47 Å². The molecule has 8 rings (SSSR count). The Balaban J connectivity index is 0.000000199. The van der Waals surface area contributed by atoms with Gasteiger partial charge in [0.05, 0.1) is 31.4 Å². The zero-order chi connectivity index (χ0) is 22.2. The van der Waals surface area contributed by atoms with E-state index in [0.29, 0.717) is 40.7 Å². The van der Waals surface area contributed by atoms with E-state index in [1.165, 1.54) is 12.8 Å². The van der Waals surface area contributed by atoms with Gasteiger partial charge in [-0.15, -0.1) is 0 Å². The van der Waals surface area contributed by atoms with Gasteiger partial charge in [-0.1, -0.05) is 0 Å². The molecule has 0 atom stereocenters. The Labute approximate surface area is 187 Å². The first kappa shape index (κ1) is 21.0. The molecule has 5 heterocycles. The van der Waals surface area contributed by atoms with Crippen molar-refractivity contribution in [1.82, 2.24) is 15.3 Å². The van der Waals surface area contributed by atoms with Crippen LogP contribution in [-0.4, -0.2) is 48.1 Å². The van der Waals surface area contributed by atoms with Crippen molar-refractivity contribution in [2.45, 2.75) is 63.5 Å². The third kappa shape index (κ3) is 3.76.